The lowest BCUT2D eigenvalue weighted by Crippen LogP contribution is -2.31. The fourth-order valence-electron chi connectivity index (χ4n) is 1.87. The standard InChI is InChI=1S/C11H12N4O/c12-11-13-6-9(14-11)8-5-7-3-1-2-4-10(7)16-15-8/h1-4,6,8,15H,5H2,(H3,12,13,14). The van der Waals surface area contributed by atoms with Crippen LogP contribution in [-0.2, 0) is 6.42 Å². The van der Waals surface area contributed by atoms with Crippen LogP contribution in [0.2, 0.25) is 0 Å². The summed E-state index contributed by atoms with van der Waals surface area (Å²) in [7, 11) is 0. The number of nitrogens with two attached hydrogens (primary N) is 1. The summed E-state index contributed by atoms with van der Waals surface area (Å²) in [5.41, 5.74) is 10.6. The third kappa shape index (κ3) is 1.51. The number of nitrogens with zero attached hydrogens (tertiary/aromatic N) is 1. The minimum Gasteiger partial charge on any atom is -0.408 e. The van der Waals surface area contributed by atoms with E-state index in [0.717, 1.165) is 17.9 Å². The topological polar surface area (TPSA) is 76.0 Å². The first kappa shape index (κ1) is 9.23. The monoisotopic (exact) mass is 216 g/mol. The number of H-pyrrole nitrogens is 1. The van der Waals surface area contributed by atoms with E-state index in [-0.39, 0.29) is 6.04 Å². The Morgan fingerprint density at radius 2 is 2.25 bits per heavy atom. The molecule has 1 aromatic carbocycles. The number of hydroxylamine groups is 1. The summed E-state index contributed by atoms with van der Waals surface area (Å²) in [4.78, 5) is 12.4. The van der Waals surface area contributed by atoms with Crippen molar-refractivity contribution in [3.8, 4) is 5.75 Å². The molecule has 3 rings (SSSR count). The molecular formula is C11H12N4O. The SMILES string of the molecule is Nc1ncc(C2Cc3ccccc3ON2)[nH]1. The zero-order chi connectivity index (χ0) is 11.0. The highest BCUT2D eigenvalue weighted by molar-refractivity contribution is 5.36. The number of aromatic nitrogens is 2. The molecule has 82 valence electrons. The van der Waals surface area contributed by atoms with E-state index in [1.54, 1.807) is 6.20 Å². The molecule has 0 fully saturated rings. The van der Waals surface area contributed by atoms with E-state index in [2.05, 4.69) is 21.5 Å². The number of rotatable bonds is 1. The van der Waals surface area contributed by atoms with Crippen LogP contribution in [0.4, 0.5) is 5.95 Å². The molecule has 2 aromatic rings. The van der Waals surface area contributed by atoms with Gasteiger partial charge in [0.25, 0.3) is 0 Å². The Bertz CT molecular complexity index is 508. The Kier molecular flexibility index (Phi) is 2.04. The predicted molar refractivity (Wildman–Crippen MR) is 59.7 cm³/mol. The van der Waals surface area contributed by atoms with Gasteiger partial charge in [0.1, 0.15) is 5.75 Å². The number of nitrogens with one attached hydrogen (secondary N) is 2. The van der Waals surface area contributed by atoms with Crippen LogP contribution in [0.3, 0.4) is 0 Å². The van der Waals surface area contributed by atoms with Crippen molar-refractivity contribution in [2.75, 3.05) is 5.73 Å². The summed E-state index contributed by atoms with van der Waals surface area (Å²) in [6.07, 6.45) is 2.59. The van der Waals surface area contributed by atoms with Crippen molar-refractivity contribution >= 4 is 5.95 Å². The molecule has 1 atom stereocenters. The summed E-state index contributed by atoms with van der Waals surface area (Å²) in [5, 5.41) is 0. The largest absolute Gasteiger partial charge is 0.408 e. The lowest BCUT2D eigenvalue weighted by Gasteiger charge is -2.24. The van der Waals surface area contributed by atoms with Gasteiger partial charge in [0.05, 0.1) is 17.9 Å². The molecule has 5 heteroatoms. The van der Waals surface area contributed by atoms with Gasteiger partial charge in [-0.3, -0.25) is 0 Å². The quantitative estimate of drug-likeness (QED) is 0.669. The maximum atomic E-state index is 5.54. The highest BCUT2D eigenvalue weighted by Gasteiger charge is 2.21. The lowest BCUT2D eigenvalue weighted by molar-refractivity contribution is 0.133. The summed E-state index contributed by atoms with van der Waals surface area (Å²) in [6.45, 7) is 0. The van der Waals surface area contributed by atoms with Crippen LogP contribution in [0.5, 0.6) is 5.75 Å². The Morgan fingerprint density at radius 3 is 3.06 bits per heavy atom. The Balaban J connectivity index is 1.88. The third-order valence-corrected chi connectivity index (χ3v) is 2.70. The molecule has 0 spiro atoms. The molecule has 1 unspecified atom stereocenters. The van der Waals surface area contributed by atoms with Crippen molar-refractivity contribution in [1.29, 1.82) is 0 Å². The maximum Gasteiger partial charge on any atom is 0.197 e. The Labute approximate surface area is 92.6 Å². The highest BCUT2D eigenvalue weighted by atomic mass is 16.6. The second-order valence-corrected chi connectivity index (χ2v) is 3.81. The maximum absolute atomic E-state index is 5.54. The zero-order valence-corrected chi connectivity index (χ0v) is 8.60. The number of fused-ring (bicyclic) bond motifs is 1. The van der Waals surface area contributed by atoms with E-state index in [9.17, 15) is 0 Å². The first-order chi connectivity index (χ1) is 7.83. The minimum atomic E-state index is 0.0692. The molecule has 16 heavy (non-hydrogen) atoms. The van der Waals surface area contributed by atoms with Crippen LogP contribution in [0, 0.1) is 0 Å². The first-order valence-electron chi connectivity index (χ1n) is 5.13. The van der Waals surface area contributed by atoms with Gasteiger partial charge >= 0.3 is 0 Å². The third-order valence-electron chi connectivity index (χ3n) is 2.70. The summed E-state index contributed by atoms with van der Waals surface area (Å²) < 4.78 is 0. The Hall–Kier alpha value is -2.01. The van der Waals surface area contributed by atoms with Gasteiger partial charge in [0.15, 0.2) is 5.95 Å². The predicted octanol–water partition coefficient (Wildman–Crippen LogP) is 1.17. The normalized spacial score (nSPS) is 18.9. The lowest BCUT2D eigenvalue weighted by atomic mass is 10.0. The highest BCUT2D eigenvalue weighted by Crippen LogP contribution is 2.28. The number of hydrogen-bond donors (Lipinski definition) is 3. The number of hydrogen-bond acceptors (Lipinski definition) is 4. The second kappa shape index (κ2) is 3.53. The van der Waals surface area contributed by atoms with Crippen molar-refractivity contribution in [3.63, 3.8) is 0 Å². The van der Waals surface area contributed by atoms with Gasteiger partial charge in [-0.1, -0.05) is 18.2 Å². The fourth-order valence-corrected chi connectivity index (χ4v) is 1.87. The number of imidazole rings is 1. The number of aromatic amines is 1. The van der Waals surface area contributed by atoms with Gasteiger partial charge in [-0.15, -0.1) is 5.48 Å². The number of benzene rings is 1. The van der Waals surface area contributed by atoms with Gasteiger partial charge in [-0.2, -0.15) is 0 Å². The van der Waals surface area contributed by atoms with Crippen LogP contribution < -0.4 is 16.1 Å². The van der Waals surface area contributed by atoms with Gasteiger partial charge in [-0.05, 0) is 11.6 Å². The van der Waals surface area contributed by atoms with Crippen LogP contribution in [0.25, 0.3) is 0 Å². The number of para-hydroxylation sites is 1. The van der Waals surface area contributed by atoms with Gasteiger partial charge in [0, 0.05) is 6.42 Å². The molecule has 0 saturated heterocycles. The molecule has 4 N–H and O–H groups in total. The average Bonchev–Trinajstić information content (AvgIpc) is 2.75. The van der Waals surface area contributed by atoms with E-state index in [4.69, 9.17) is 10.6 Å². The Morgan fingerprint density at radius 1 is 1.38 bits per heavy atom. The van der Waals surface area contributed by atoms with E-state index in [0.29, 0.717) is 5.95 Å². The van der Waals surface area contributed by atoms with Crippen molar-refractivity contribution in [2.24, 2.45) is 0 Å². The van der Waals surface area contributed by atoms with Gasteiger partial charge < -0.3 is 15.6 Å². The first-order valence-corrected chi connectivity index (χ1v) is 5.13. The summed E-state index contributed by atoms with van der Waals surface area (Å²) in [5.74, 6) is 1.31. The van der Waals surface area contributed by atoms with Crippen LogP contribution >= 0.6 is 0 Å². The molecule has 2 heterocycles. The molecule has 0 radical (unpaired) electrons. The van der Waals surface area contributed by atoms with E-state index in [1.807, 2.05) is 18.2 Å². The van der Waals surface area contributed by atoms with Gasteiger partial charge in [0.2, 0.25) is 0 Å². The van der Waals surface area contributed by atoms with E-state index < -0.39 is 0 Å². The van der Waals surface area contributed by atoms with Crippen molar-refractivity contribution in [3.05, 3.63) is 41.7 Å². The van der Waals surface area contributed by atoms with Crippen molar-refractivity contribution in [2.45, 2.75) is 12.5 Å². The molecule has 0 saturated carbocycles. The average molecular weight is 216 g/mol. The minimum absolute atomic E-state index is 0.0692. The zero-order valence-electron chi connectivity index (χ0n) is 8.60. The fraction of sp³-hybridized carbons (Fsp3) is 0.182. The molecule has 0 aliphatic carbocycles. The molecule has 1 aliphatic heterocycles. The number of anilines is 1. The molecule has 0 amide bonds. The molecular weight excluding hydrogens is 204 g/mol. The van der Waals surface area contributed by atoms with Crippen molar-refractivity contribution in [1.82, 2.24) is 15.4 Å². The molecule has 1 aromatic heterocycles. The van der Waals surface area contributed by atoms with Crippen LogP contribution in [0.15, 0.2) is 30.5 Å². The molecule has 0 bridgehead atoms. The van der Waals surface area contributed by atoms with E-state index in [1.165, 1.54) is 5.56 Å². The van der Waals surface area contributed by atoms with Gasteiger partial charge in [-0.25, -0.2) is 4.98 Å². The number of nitrogen functional groups attached to an aromatic ring is 1. The van der Waals surface area contributed by atoms with Crippen LogP contribution in [-0.4, -0.2) is 9.97 Å². The molecule has 1 aliphatic rings. The van der Waals surface area contributed by atoms with Crippen LogP contribution in [0.1, 0.15) is 17.3 Å². The van der Waals surface area contributed by atoms with Crippen molar-refractivity contribution < 1.29 is 4.84 Å². The second-order valence-electron chi connectivity index (χ2n) is 3.81. The summed E-state index contributed by atoms with van der Waals surface area (Å²) >= 11 is 0. The summed E-state index contributed by atoms with van der Waals surface area (Å²) in [6, 6.07) is 8.03. The smallest absolute Gasteiger partial charge is 0.197 e. The van der Waals surface area contributed by atoms with E-state index >= 15 is 0 Å². The molecule has 5 nitrogen and oxygen atoms in total.